The highest BCUT2D eigenvalue weighted by atomic mass is 32.2. The number of carbonyl (C=O) groups excluding carboxylic acids is 1. The average Bonchev–Trinajstić information content (AvgIpc) is 2.70. The minimum absolute atomic E-state index is 0.0277. The van der Waals surface area contributed by atoms with Crippen LogP contribution in [0.4, 0.5) is 0 Å². The first-order valence-corrected chi connectivity index (χ1v) is 10.6. The summed E-state index contributed by atoms with van der Waals surface area (Å²) >= 11 is 0. The predicted molar refractivity (Wildman–Crippen MR) is 106 cm³/mol. The van der Waals surface area contributed by atoms with Gasteiger partial charge in [0.2, 0.25) is 0 Å². The molecule has 0 radical (unpaired) electrons. The molecular weight excluding hydrogens is 346 g/mol. The topological polar surface area (TPSA) is 55.7 Å². The van der Waals surface area contributed by atoms with Crippen LogP contribution in [0.5, 0.6) is 0 Å². The fourth-order valence-electron chi connectivity index (χ4n) is 3.24. The molecule has 1 aromatic carbocycles. The van der Waals surface area contributed by atoms with Crippen molar-refractivity contribution in [2.45, 2.75) is 45.1 Å². The van der Waals surface area contributed by atoms with Gasteiger partial charge in [-0.2, -0.15) is 0 Å². The molecule has 0 aromatic heterocycles. The quantitative estimate of drug-likeness (QED) is 0.709. The Morgan fingerprint density at radius 2 is 1.77 bits per heavy atom. The number of nitrogens with zero attached hydrogens (tertiary/aromatic N) is 1. The maximum atomic E-state index is 13.8. The first-order valence-electron chi connectivity index (χ1n) is 9.07. The van der Waals surface area contributed by atoms with E-state index in [1.165, 1.54) is 6.08 Å². The summed E-state index contributed by atoms with van der Waals surface area (Å²) in [6, 6.07) is 9.33. The van der Waals surface area contributed by atoms with Crippen molar-refractivity contribution in [3.8, 4) is 0 Å². The van der Waals surface area contributed by atoms with E-state index in [2.05, 4.69) is 18.2 Å². The molecule has 0 N–H and O–H groups in total. The molecule has 0 bridgehead atoms. The molecule has 5 heteroatoms. The maximum absolute atomic E-state index is 13.8. The van der Waals surface area contributed by atoms with Crippen molar-refractivity contribution in [3.05, 3.63) is 53.5 Å². The Morgan fingerprint density at radius 1 is 1.12 bits per heavy atom. The van der Waals surface area contributed by atoms with Gasteiger partial charge in [-0.1, -0.05) is 58.0 Å². The van der Waals surface area contributed by atoms with E-state index >= 15 is 0 Å². The lowest BCUT2D eigenvalue weighted by atomic mass is 9.84. The highest BCUT2D eigenvalue weighted by molar-refractivity contribution is 7.97. The van der Waals surface area contributed by atoms with Crippen LogP contribution in [-0.4, -0.2) is 23.3 Å². The maximum Gasteiger partial charge on any atom is 0.330 e. The molecule has 4 nitrogen and oxygen atoms in total. The summed E-state index contributed by atoms with van der Waals surface area (Å²) in [5.74, 6) is 0.0186. The van der Waals surface area contributed by atoms with Crippen LogP contribution >= 0.6 is 0 Å². The molecule has 0 amide bonds. The highest BCUT2D eigenvalue weighted by Crippen LogP contribution is 2.32. The van der Waals surface area contributed by atoms with Gasteiger partial charge in [-0.25, -0.2) is 13.4 Å². The average molecular weight is 376 g/mol. The first-order chi connectivity index (χ1) is 12.3. The number of hydrogen-bond donors (Lipinski definition) is 0. The highest BCUT2D eigenvalue weighted by Gasteiger charge is 2.31. The van der Waals surface area contributed by atoms with Crippen LogP contribution in [0.1, 0.15) is 34.1 Å². The summed E-state index contributed by atoms with van der Waals surface area (Å²) in [6.07, 6.45) is 5.35. The zero-order chi connectivity index (χ0) is 19.3. The van der Waals surface area contributed by atoms with Crippen molar-refractivity contribution in [2.24, 2.45) is 22.1 Å². The molecule has 26 heavy (non-hydrogen) atoms. The van der Waals surface area contributed by atoms with E-state index in [-0.39, 0.29) is 29.8 Å². The molecular formula is C21H29NO3S. The summed E-state index contributed by atoms with van der Waals surface area (Å²) in [7, 11) is -1.13. The monoisotopic (exact) mass is 375 g/mol. The zero-order valence-electron chi connectivity index (χ0n) is 16.2. The third-order valence-electron chi connectivity index (χ3n) is 4.68. The van der Waals surface area contributed by atoms with Crippen LogP contribution in [0.2, 0.25) is 0 Å². The minimum Gasteiger partial charge on any atom is -0.458 e. The fraction of sp³-hybridized carbons (Fsp3) is 0.476. The zero-order valence-corrected chi connectivity index (χ0v) is 17.0. The van der Waals surface area contributed by atoms with Crippen molar-refractivity contribution >= 4 is 15.7 Å². The van der Waals surface area contributed by atoms with Crippen molar-refractivity contribution in [2.75, 3.05) is 7.05 Å². The molecule has 3 atom stereocenters. The second kappa shape index (κ2) is 8.67. The Bertz CT molecular complexity index is 800. The normalized spacial score (nSPS) is 26.7. The van der Waals surface area contributed by atoms with E-state index in [0.29, 0.717) is 11.3 Å². The number of carbonyl (C=O) groups is 1. The van der Waals surface area contributed by atoms with Gasteiger partial charge in [0.1, 0.15) is 6.10 Å². The Kier molecular flexibility index (Phi) is 6.81. The van der Waals surface area contributed by atoms with Gasteiger partial charge in [-0.15, -0.1) is 0 Å². The summed E-state index contributed by atoms with van der Waals surface area (Å²) in [4.78, 5) is 13.6. The minimum atomic E-state index is -2.73. The Hall–Kier alpha value is -1.88. The summed E-state index contributed by atoms with van der Waals surface area (Å²) < 4.78 is 23.8. The molecule has 0 saturated carbocycles. The van der Waals surface area contributed by atoms with Crippen molar-refractivity contribution in [1.82, 2.24) is 0 Å². The predicted octanol–water partition coefficient (Wildman–Crippen LogP) is 4.83. The third-order valence-corrected chi connectivity index (χ3v) is 7.12. The number of benzene rings is 1. The number of allylic oxidation sites excluding steroid dienone is 2. The second-order valence-electron chi connectivity index (χ2n) is 7.23. The van der Waals surface area contributed by atoms with E-state index in [4.69, 9.17) is 4.74 Å². The largest absolute Gasteiger partial charge is 0.458 e. The van der Waals surface area contributed by atoms with Gasteiger partial charge in [-0.05, 0) is 24.0 Å². The van der Waals surface area contributed by atoms with Gasteiger partial charge in [0.25, 0.3) is 0 Å². The van der Waals surface area contributed by atoms with Crippen LogP contribution < -0.4 is 0 Å². The van der Waals surface area contributed by atoms with Gasteiger partial charge in [0, 0.05) is 30.4 Å². The second-order valence-corrected chi connectivity index (χ2v) is 9.64. The molecule has 0 aliphatic carbocycles. The van der Waals surface area contributed by atoms with Crippen LogP contribution in [0, 0.1) is 17.8 Å². The van der Waals surface area contributed by atoms with Crippen LogP contribution in [0.15, 0.2) is 62.7 Å². The van der Waals surface area contributed by atoms with Gasteiger partial charge in [0.15, 0.2) is 0 Å². The Labute approximate surface area is 157 Å². The Morgan fingerprint density at radius 3 is 2.31 bits per heavy atom. The first kappa shape index (κ1) is 20.4. The Balaban J connectivity index is 2.64. The molecule has 1 aliphatic heterocycles. The number of rotatable bonds is 4. The number of esters is 1. The van der Waals surface area contributed by atoms with Gasteiger partial charge in [-0.3, -0.25) is 0 Å². The number of cyclic esters (lactones) is 1. The lowest BCUT2D eigenvalue weighted by Crippen LogP contribution is -2.33. The molecule has 0 saturated heterocycles. The van der Waals surface area contributed by atoms with E-state index < -0.39 is 9.73 Å². The lowest BCUT2D eigenvalue weighted by Gasteiger charge is -2.31. The van der Waals surface area contributed by atoms with Crippen LogP contribution in [-0.2, 0) is 19.3 Å². The molecule has 0 spiro atoms. The molecule has 142 valence electrons. The lowest BCUT2D eigenvalue weighted by molar-refractivity contribution is -0.148. The molecule has 0 fully saturated rings. The molecule has 1 unspecified atom stereocenters. The van der Waals surface area contributed by atoms with Crippen molar-refractivity contribution < 1.29 is 13.7 Å². The number of ether oxygens (including phenoxy) is 1. The number of hydrogen-bond acceptors (Lipinski definition) is 4. The van der Waals surface area contributed by atoms with Crippen LogP contribution in [0.3, 0.4) is 0 Å². The van der Waals surface area contributed by atoms with Crippen molar-refractivity contribution in [3.63, 3.8) is 0 Å². The van der Waals surface area contributed by atoms with Crippen LogP contribution in [0.25, 0.3) is 0 Å². The molecule has 1 aliphatic rings. The van der Waals surface area contributed by atoms with E-state index in [9.17, 15) is 9.00 Å². The molecule has 1 aromatic rings. The summed E-state index contributed by atoms with van der Waals surface area (Å²) in [5.41, 5.74) is 0. The standard InChI is InChI=1S/C21H29NO3S/c1-15(2)19-14-18(12-9-13-20(23)25-21(19)16(3)4)26(24,22-5)17-10-7-6-8-11-17/h6-11,13-16,19,21H,12H2,1-5H3/b13-9-,18-14+/t19-,21-,26?/m0/s1. The van der Waals surface area contributed by atoms with E-state index in [0.717, 1.165) is 4.91 Å². The van der Waals surface area contributed by atoms with Gasteiger partial charge in [0.05, 0.1) is 14.6 Å². The van der Waals surface area contributed by atoms with E-state index in [1.54, 1.807) is 13.1 Å². The summed E-state index contributed by atoms with van der Waals surface area (Å²) in [6.45, 7) is 8.28. The smallest absolute Gasteiger partial charge is 0.330 e. The summed E-state index contributed by atoms with van der Waals surface area (Å²) in [5, 5.41) is 0. The van der Waals surface area contributed by atoms with E-state index in [1.807, 2.05) is 50.3 Å². The third kappa shape index (κ3) is 4.44. The van der Waals surface area contributed by atoms with Gasteiger partial charge < -0.3 is 4.74 Å². The fourth-order valence-corrected chi connectivity index (χ4v) is 5.18. The molecule has 1 heterocycles. The molecule has 2 rings (SSSR count). The SMILES string of the molecule is CN=S(=O)(/C1=C/[C@@H](C(C)C)[C@H](C(C)C)OC(=O)/C=C\C1)c1ccccc1. The van der Waals surface area contributed by atoms with Gasteiger partial charge >= 0.3 is 5.97 Å². The van der Waals surface area contributed by atoms with Crippen molar-refractivity contribution in [1.29, 1.82) is 0 Å².